The van der Waals surface area contributed by atoms with Crippen molar-refractivity contribution in [3.63, 3.8) is 0 Å². The summed E-state index contributed by atoms with van der Waals surface area (Å²) in [5.41, 5.74) is 2.83. The number of nitrogens with one attached hydrogen (secondary N) is 2. The summed E-state index contributed by atoms with van der Waals surface area (Å²) in [5, 5.41) is 17.7. The summed E-state index contributed by atoms with van der Waals surface area (Å²) in [6.07, 6.45) is 10.4. The molecule has 2 amide bonds. The summed E-state index contributed by atoms with van der Waals surface area (Å²) in [6.45, 7) is 22.2. The lowest BCUT2D eigenvalue weighted by Crippen LogP contribution is -2.66. The van der Waals surface area contributed by atoms with E-state index < -0.39 is 5.41 Å². The molecule has 0 saturated heterocycles. The maximum absolute atomic E-state index is 14.2. The van der Waals surface area contributed by atoms with Gasteiger partial charge in [-0.25, -0.2) is 5.43 Å². The first-order valence-corrected chi connectivity index (χ1v) is 17.3. The Morgan fingerprint density at radius 3 is 2.38 bits per heavy atom. The summed E-state index contributed by atoms with van der Waals surface area (Å²) in [6, 6.07) is 2.59. The average Bonchev–Trinajstić information content (AvgIpc) is 3.35. The zero-order valence-electron chi connectivity index (χ0n) is 29.2. The Labute approximate surface area is 271 Å². The number of allylic oxidation sites excluding steroid dienone is 1. The van der Waals surface area contributed by atoms with Crippen molar-refractivity contribution < 1.29 is 19.1 Å². The van der Waals surface area contributed by atoms with Crippen LogP contribution in [-0.2, 0) is 19.1 Å². The van der Waals surface area contributed by atoms with Gasteiger partial charge >= 0.3 is 5.97 Å². The van der Waals surface area contributed by atoms with E-state index in [-0.39, 0.29) is 57.7 Å². The highest BCUT2D eigenvalue weighted by Crippen LogP contribution is 2.76. The van der Waals surface area contributed by atoms with Gasteiger partial charge in [-0.2, -0.15) is 10.4 Å². The molecule has 4 fully saturated rings. The van der Waals surface area contributed by atoms with Crippen LogP contribution in [0.3, 0.4) is 0 Å². The number of esters is 1. The molecule has 4 aliphatic carbocycles. The van der Waals surface area contributed by atoms with E-state index in [9.17, 15) is 19.6 Å². The fourth-order valence-corrected chi connectivity index (χ4v) is 11.6. The number of nitrogens with zero attached hydrogens (tertiary/aromatic N) is 2. The number of ether oxygens (including phenoxy) is 1. The van der Waals surface area contributed by atoms with Crippen molar-refractivity contribution in [3.8, 4) is 6.07 Å². The SMILES string of the molecule is C=C(C)[C@@H]1CC[C@]2(C(=O)NCCC(=O)OCC)CC[C@]3(C)[C@H](CC[C@@H]4[C@@](C)(CC#N)[C@H](C(C)(C)/C=N/NC(C)=O)CC[C@]43C)[C@@H]12. The number of fused-ring (bicyclic) bond motifs is 5. The Bertz CT molecular complexity index is 1250. The molecular formula is C37H58N4O4. The third kappa shape index (κ3) is 5.87. The normalized spacial score (nSPS) is 39.1. The van der Waals surface area contributed by atoms with Crippen LogP contribution in [0.5, 0.6) is 0 Å². The van der Waals surface area contributed by atoms with Crippen molar-refractivity contribution in [2.75, 3.05) is 13.2 Å². The molecule has 0 heterocycles. The highest BCUT2D eigenvalue weighted by atomic mass is 16.5. The van der Waals surface area contributed by atoms with Crippen molar-refractivity contribution in [1.29, 1.82) is 5.26 Å². The van der Waals surface area contributed by atoms with E-state index in [4.69, 9.17) is 4.74 Å². The van der Waals surface area contributed by atoms with Crippen molar-refractivity contribution in [1.82, 2.24) is 10.7 Å². The minimum absolute atomic E-state index is 0.0115. The number of carbonyl (C=O) groups is 3. The van der Waals surface area contributed by atoms with Crippen molar-refractivity contribution in [2.24, 2.45) is 61.8 Å². The first kappa shape index (κ1) is 35.2. The molecule has 8 heteroatoms. The lowest BCUT2D eigenvalue weighted by molar-refractivity contribution is -0.222. The third-order valence-electron chi connectivity index (χ3n) is 13.7. The summed E-state index contributed by atoms with van der Waals surface area (Å²) >= 11 is 0. The Kier molecular flexibility index (Phi) is 10.0. The van der Waals surface area contributed by atoms with Gasteiger partial charge in [0.2, 0.25) is 11.8 Å². The Balaban J connectivity index is 1.68. The number of hydrogen-bond acceptors (Lipinski definition) is 6. The molecule has 0 aliphatic heterocycles. The average molecular weight is 623 g/mol. The number of hydrogen-bond donors (Lipinski definition) is 2. The van der Waals surface area contributed by atoms with Crippen LogP contribution in [0.15, 0.2) is 17.3 Å². The molecule has 4 saturated carbocycles. The van der Waals surface area contributed by atoms with Crippen LogP contribution in [0, 0.1) is 68.0 Å². The number of nitriles is 1. The molecule has 0 aromatic carbocycles. The van der Waals surface area contributed by atoms with Crippen LogP contribution >= 0.6 is 0 Å². The number of rotatable bonds is 10. The standard InChI is InChI=1S/C37H58N4O4/c1-10-45-30(43)15-22-39-32(44)37-17-13-26(24(2)3)31(37)27-11-12-29-34(7,20-21-38)28(33(5,6)23-40-41-25(4)42)14-16-36(29,9)35(27,8)18-19-37/h23,26-29,31H,2,10-20,22H2,1,3-9H3,(H,39,44)(H,41,42)/b40-23+/t26-,27+,28-,29+,31+,34-,35+,36+,37-/m0/s1. The monoisotopic (exact) mass is 622 g/mol. The third-order valence-corrected chi connectivity index (χ3v) is 13.7. The van der Waals surface area contributed by atoms with Crippen molar-refractivity contribution in [2.45, 2.75) is 120 Å². The molecular weight excluding hydrogens is 564 g/mol. The highest BCUT2D eigenvalue weighted by molar-refractivity contribution is 5.84. The van der Waals surface area contributed by atoms with Crippen LogP contribution in [0.2, 0.25) is 0 Å². The molecule has 0 aromatic rings. The van der Waals surface area contributed by atoms with Gasteiger partial charge in [-0.05, 0) is 111 Å². The molecule has 0 aromatic heterocycles. The fourth-order valence-electron chi connectivity index (χ4n) is 11.6. The Morgan fingerprint density at radius 1 is 1.04 bits per heavy atom. The van der Waals surface area contributed by atoms with E-state index in [0.717, 1.165) is 51.4 Å². The highest BCUT2D eigenvalue weighted by Gasteiger charge is 2.71. The minimum Gasteiger partial charge on any atom is -0.466 e. The van der Waals surface area contributed by atoms with E-state index in [1.807, 2.05) is 6.21 Å². The lowest BCUT2D eigenvalue weighted by atomic mass is 9.33. The van der Waals surface area contributed by atoms with E-state index in [1.54, 1.807) is 6.92 Å². The molecule has 4 aliphatic rings. The maximum atomic E-state index is 14.2. The predicted molar refractivity (Wildman–Crippen MR) is 177 cm³/mol. The molecule has 0 spiro atoms. The Hall–Kier alpha value is -2.69. The van der Waals surface area contributed by atoms with Crippen molar-refractivity contribution >= 4 is 24.0 Å². The number of carbonyl (C=O) groups excluding carboxylic acids is 3. The second-order valence-electron chi connectivity index (χ2n) is 16.2. The van der Waals surface area contributed by atoms with Crippen LogP contribution in [0.25, 0.3) is 0 Å². The number of amides is 2. The van der Waals surface area contributed by atoms with Crippen molar-refractivity contribution in [3.05, 3.63) is 12.2 Å². The van der Waals surface area contributed by atoms with Crippen LogP contribution in [-0.4, -0.2) is 37.1 Å². The molecule has 9 atom stereocenters. The molecule has 8 nitrogen and oxygen atoms in total. The maximum Gasteiger partial charge on any atom is 0.307 e. The van der Waals surface area contributed by atoms with E-state index >= 15 is 0 Å². The molecule has 4 rings (SSSR count). The molecule has 45 heavy (non-hydrogen) atoms. The molecule has 0 unspecified atom stereocenters. The second-order valence-corrected chi connectivity index (χ2v) is 16.2. The minimum atomic E-state index is -0.443. The van der Waals surface area contributed by atoms with E-state index in [2.05, 4.69) is 70.0 Å². The largest absolute Gasteiger partial charge is 0.466 e. The van der Waals surface area contributed by atoms with Gasteiger partial charge in [0.25, 0.3) is 0 Å². The van der Waals surface area contributed by atoms with Crippen LogP contribution in [0.4, 0.5) is 0 Å². The summed E-state index contributed by atoms with van der Waals surface area (Å²) in [4.78, 5) is 37.7. The number of hydrazone groups is 1. The van der Waals surface area contributed by atoms with Gasteiger partial charge in [0.1, 0.15) is 0 Å². The van der Waals surface area contributed by atoms with Gasteiger partial charge in [-0.1, -0.05) is 46.8 Å². The second kappa shape index (κ2) is 12.8. The van der Waals surface area contributed by atoms with Gasteiger partial charge in [0.15, 0.2) is 0 Å². The van der Waals surface area contributed by atoms with Crippen LogP contribution in [0.1, 0.15) is 120 Å². The van der Waals surface area contributed by atoms with Crippen LogP contribution < -0.4 is 10.7 Å². The fraction of sp³-hybridized carbons (Fsp3) is 0.811. The summed E-state index contributed by atoms with van der Waals surface area (Å²) in [7, 11) is 0. The molecule has 250 valence electrons. The molecule has 0 bridgehead atoms. The van der Waals surface area contributed by atoms with Gasteiger partial charge < -0.3 is 10.1 Å². The first-order chi connectivity index (χ1) is 21.0. The van der Waals surface area contributed by atoms with Gasteiger partial charge in [0.05, 0.1) is 24.5 Å². The van der Waals surface area contributed by atoms with Gasteiger partial charge in [-0.15, -0.1) is 0 Å². The quantitative estimate of drug-likeness (QED) is 0.118. The first-order valence-electron chi connectivity index (χ1n) is 17.3. The zero-order chi connectivity index (χ0) is 33.4. The van der Waals surface area contributed by atoms with Gasteiger partial charge in [-0.3, -0.25) is 14.4 Å². The van der Waals surface area contributed by atoms with Gasteiger partial charge in [0, 0.05) is 31.5 Å². The summed E-state index contributed by atoms with van der Waals surface area (Å²) < 4.78 is 5.09. The van der Waals surface area contributed by atoms with E-state index in [0.29, 0.717) is 37.3 Å². The predicted octanol–water partition coefficient (Wildman–Crippen LogP) is 6.96. The zero-order valence-corrected chi connectivity index (χ0v) is 29.2. The smallest absolute Gasteiger partial charge is 0.307 e. The Morgan fingerprint density at radius 2 is 1.76 bits per heavy atom. The summed E-state index contributed by atoms with van der Waals surface area (Å²) in [5.74, 6) is 1.13. The van der Waals surface area contributed by atoms with E-state index in [1.165, 1.54) is 12.5 Å². The molecule has 0 radical (unpaired) electrons. The molecule has 2 N–H and O–H groups in total. The topological polar surface area (TPSA) is 121 Å². The lowest BCUT2D eigenvalue weighted by Gasteiger charge is -2.71.